The average molecular weight is 337 g/mol. The van der Waals surface area contributed by atoms with E-state index in [0.717, 1.165) is 0 Å². The van der Waals surface area contributed by atoms with Crippen LogP contribution in [0.4, 0.5) is 0 Å². The van der Waals surface area contributed by atoms with Crippen molar-refractivity contribution in [2.24, 2.45) is 0 Å². The van der Waals surface area contributed by atoms with Gasteiger partial charge in [0.1, 0.15) is 0 Å². The molecular weight excluding hydrogens is 303 g/mol. The van der Waals surface area contributed by atoms with Crippen molar-refractivity contribution >= 4 is 16.5 Å². The third kappa shape index (κ3) is 30.1. The molecule has 0 heterocycles. The summed E-state index contributed by atoms with van der Waals surface area (Å²) in [6.07, 6.45) is 0. The second kappa shape index (κ2) is 8.89. The number of likely N-dealkylation sites (N-methyl/N-ethyl adjacent to an activating group) is 1. The minimum absolute atomic E-state index is 0. The predicted octanol–water partition coefficient (Wildman–Crippen LogP) is 3.35. The van der Waals surface area contributed by atoms with Gasteiger partial charge in [-0.25, -0.2) is 0 Å². The van der Waals surface area contributed by atoms with Crippen molar-refractivity contribution in [2.45, 2.75) is 58.7 Å². The van der Waals surface area contributed by atoms with Gasteiger partial charge < -0.3 is 14.7 Å². The Morgan fingerprint density at radius 2 is 1.22 bits per heavy atom. The predicted molar refractivity (Wildman–Crippen MR) is 84.9 cm³/mol. The third-order valence-electron chi connectivity index (χ3n) is 1.37. The minimum atomic E-state index is -1.11. The van der Waals surface area contributed by atoms with Crippen LogP contribution in [0.2, 0.25) is 39.3 Å². The number of rotatable bonds is 4. The van der Waals surface area contributed by atoms with Crippen LogP contribution in [0.3, 0.4) is 0 Å². The maximum Gasteiger partial charge on any atom is 0.0717 e. The number of hydrogen-bond donors (Lipinski definition) is 1. The Hall–Kier alpha value is 0.820. The molecule has 0 aliphatic heterocycles. The van der Waals surface area contributed by atoms with Crippen LogP contribution in [-0.4, -0.2) is 52.7 Å². The van der Waals surface area contributed by atoms with Crippen LogP contribution in [0.5, 0.6) is 0 Å². The van der Waals surface area contributed by atoms with Gasteiger partial charge in [-0.2, -0.15) is 0 Å². The Kier molecular flexibility index (Phi) is 11.8. The molecule has 0 fully saturated rings. The molecule has 0 aliphatic rings. The molecule has 0 rings (SSSR count). The Morgan fingerprint density at radius 3 is 1.22 bits per heavy atom. The molecule has 115 valence electrons. The summed E-state index contributed by atoms with van der Waals surface area (Å²) in [5, 5.41) is 9.15. The van der Waals surface area contributed by atoms with Crippen molar-refractivity contribution < 1.29 is 21.9 Å². The molecule has 18 heavy (non-hydrogen) atoms. The second-order valence-electron chi connectivity index (χ2n) is 7.50. The van der Waals surface area contributed by atoms with Gasteiger partial charge in [0, 0.05) is 23.3 Å². The van der Waals surface area contributed by atoms with Crippen LogP contribution in [-0.2, 0) is 16.8 Å². The maximum absolute atomic E-state index is 9.15. The molecule has 0 atom stereocenters. The van der Waals surface area contributed by atoms with Crippen LogP contribution in [0, 0.1) is 0 Å². The topological polar surface area (TPSA) is 37.6 Å². The zero-order chi connectivity index (χ0) is 14.5. The van der Waals surface area contributed by atoms with Crippen molar-refractivity contribution in [3.05, 3.63) is 4.65 Å². The summed E-state index contributed by atoms with van der Waals surface area (Å²) in [7, 11) is 1.67. The SMILES string of the molecule is CN(C)CC(C)(C)O.C[Si](C)(C)[N-][Si](C)(C)C.[Co]. The van der Waals surface area contributed by atoms with Crippen LogP contribution in [0.15, 0.2) is 0 Å². The van der Waals surface area contributed by atoms with Crippen LogP contribution in [0.1, 0.15) is 13.8 Å². The van der Waals surface area contributed by atoms with Crippen molar-refractivity contribution in [3.63, 3.8) is 0 Å². The fraction of sp³-hybridized carbons (Fsp3) is 1.00. The molecule has 6 heteroatoms. The largest absolute Gasteiger partial charge is 0.668 e. The molecule has 0 unspecified atom stereocenters. The van der Waals surface area contributed by atoms with E-state index in [4.69, 9.17) is 9.75 Å². The van der Waals surface area contributed by atoms with Crippen LogP contribution < -0.4 is 0 Å². The Bertz CT molecular complexity index is 194. The first-order valence-corrected chi connectivity index (χ1v) is 13.1. The maximum atomic E-state index is 9.15. The van der Waals surface area contributed by atoms with E-state index in [9.17, 15) is 0 Å². The first-order valence-electron chi connectivity index (χ1n) is 6.24. The van der Waals surface area contributed by atoms with Crippen molar-refractivity contribution in [1.82, 2.24) is 4.90 Å². The summed E-state index contributed by atoms with van der Waals surface area (Å²) in [5.74, 6) is 0. The summed E-state index contributed by atoms with van der Waals surface area (Å²) in [4.78, 5) is 1.96. The number of aliphatic hydroxyl groups is 1. The molecule has 3 nitrogen and oxygen atoms in total. The molecule has 1 N–H and O–H groups in total. The van der Waals surface area contributed by atoms with Gasteiger partial charge in [-0.05, 0) is 27.9 Å². The van der Waals surface area contributed by atoms with Crippen molar-refractivity contribution in [1.29, 1.82) is 0 Å². The fourth-order valence-corrected chi connectivity index (χ4v) is 9.83. The van der Waals surface area contributed by atoms with Gasteiger partial charge >= 0.3 is 0 Å². The van der Waals surface area contributed by atoms with E-state index in [0.29, 0.717) is 6.54 Å². The van der Waals surface area contributed by atoms with E-state index < -0.39 is 22.1 Å². The molecule has 0 aliphatic carbocycles. The molecular formula is C12H33CoN2OSi2-. The smallest absolute Gasteiger partial charge is 0.0717 e. The van der Waals surface area contributed by atoms with E-state index in [1.807, 2.05) is 19.0 Å². The normalized spacial score (nSPS) is 12.7. The molecule has 0 aromatic heterocycles. The van der Waals surface area contributed by atoms with Gasteiger partial charge in [0.15, 0.2) is 0 Å². The molecule has 0 saturated carbocycles. The third-order valence-corrected chi connectivity index (χ3v) is 6.74. The first kappa shape index (κ1) is 23.9. The van der Waals surface area contributed by atoms with E-state index >= 15 is 0 Å². The average Bonchev–Trinajstić information content (AvgIpc) is 1.68. The van der Waals surface area contributed by atoms with Gasteiger partial charge in [0.25, 0.3) is 0 Å². The van der Waals surface area contributed by atoms with Crippen LogP contribution >= 0.6 is 0 Å². The molecule has 0 amide bonds. The number of nitrogens with zero attached hydrogens (tertiary/aromatic N) is 2. The summed E-state index contributed by atoms with van der Waals surface area (Å²) in [6, 6.07) is 0. The first-order chi connectivity index (χ1) is 7.12. The van der Waals surface area contributed by atoms with Gasteiger partial charge in [-0.3, -0.25) is 0 Å². The van der Waals surface area contributed by atoms with E-state index in [1.54, 1.807) is 13.8 Å². The van der Waals surface area contributed by atoms with E-state index in [-0.39, 0.29) is 16.8 Å². The fourth-order valence-electron chi connectivity index (χ4n) is 1.78. The Balaban J connectivity index is -0.000000238. The van der Waals surface area contributed by atoms with Gasteiger partial charge in [0.2, 0.25) is 0 Å². The van der Waals surface area contributed by atoms with Crippen molar-refractivity contribution in [2.75, 3.05) is 20.6 Å². The number of hydrogen-bond acceptors (Lipinski definition) is 2. The van der Waals surface area contributed by atoms with Gasteiger partial charge in [-0.15, -0.1) is 0 Å². The Morgan fingerprint density at radius 1 is 0.944 bits per heavy atom. The summed E-state index contributed by atoms with van der Waals surface area (Å²) in [6.45, 7) is 18.1. The van der Waals surface area contributed by atoms with Gasteiger partial charge in [0.05, 0.1) is 5.60 Å². The molecule has 0 aromatic rings. The molecule has 0 saturated heterocycles. The zero-order valence-electron chi connectivity index (χ0n) is 13.9. The monoisotopic (exact) mass is 336 g/mol. The molecule has 0 bridgehead atoms. The van der Waals surface area contributed by atoms with Crippen LogP contribution in [0.25, 0.3) is 4.65 Å². The minimum Gasteiger partial charge on any atom is -0.668 e. The quantitative estimate of drug-likeness (QED) is 0.800. The Labute approximate surface area is 127 Å². The summed E-state index contributed by atoms with van der Waals surface area (Å²) >= 11 is 0. The van der Waals surface area contributed by atoms with E-state index in [2.05, 4.69) is 39.3 Å². The van der Waals surface area contributed by atoms with E-state index in [1.165, 1.54) is 0 Å². The molecule has 0 spiro atoms. The summed E-state index contributed by atoms with van der Waals surface area (Å²) < 4.78 is 4.82. The summed E-state index contributed by atoms with van der Waals surface area (Å²) in [5.41, 5.74) is -0.552. The second-order valence-corrected chi connectivity index (χ2v) is 17.1. The standard InChI is InChI=1S/C6H15NO.C6H18NSi2.Co/c1-6(2,8)5-7(3)4;1-8(2,3)7-9(4,5)6;/h8H,5H2,1-4H3;1-6H3;/q;-1;. The zero-order valence-corrected chi connectivity index (χ0v) is 16.9. The molecule has 1 radical (unpaired) electrons. The van der Waals surface area contributed by atoms with Crippen molar-refractivity contribution in [3.8, 4) is 0 Å². The molecule has 0 aromatic carbocycles. The van der Waals surface area contributed by atoms with Gasteiger partial charge in [-0.1, -0.05) is 55.8 Å².